The third-order valence-electron chi connectivity index (χ3n) is 4.26. The normalized spacial score (nSPS) is 10.8. The Bertz CT molecular complexity index is 1100. The molecule has 7 heteroatoms. The highest BCUT2D eigenvalue weighted by molar-refractivity contribution is 5.92. The van der Waals surface area contributed by atoms with Crippen LogP contribution in [0.25, 0.3) is 10.9 Å². The first kappa shape index (κ1) is 17.7. The molecule has 0 radical (unpaired) electrons. The van der Waals surface area contributed by atoms with Crippen LogP contribution < -0.4 is 10.1 Å². The molecule has 0 fully saturated rings. The second-order valence-corrected chi connectivity index (χ2v) is 6.26. The van der Waals surface area contributed by atoms with Gasteiger partial charge in [-0.05, 0) is 36.8 Å². The molecule has 1 N–H and O–H groups in total. The first-order chi connectivity index (χ1) is 13.7. The molecule has 0 spiro atoms. The van der Waals surface area contributed by atoms with Gasteiger partial charge in [-0.25, -0.2) is 0 Å². The lowest BCUT2D eigenvalue weighted by molar-refractivity contribution is -0.115. The van der Waals surface area contributed by atoms with Crippen LogP contribution in [0.5, 0.6) is 11.5 Å². The van der Waals surface area contributed by atoms with Gasteiger partial charge in [0.2, 0.25) is 5.91 Å². The molecule has 3 heterocycles. The van der Waals surface area contributed by atoms with Crippen LogP contribution in [-0.2, 0) is 17.8 Å². The summed E-state index contributed by atoms with van der Waals surface area (Å²) in [5.41, 5.74) is 2.38. The summed E-state index contributed by atoms with van der Waals surface area (Å²) in [4.78, 5) is 20.6. The molecule has 28 heavy (non-hydrogen) atoms. The van der Waals surface area contributed by atoms with Crippen molar-refractivity contribution in [1.82, 2.24) is 19.7 Å². The zero-order chi connectivity index (χ0) is 19.3. The Balaban J connectivity index is 1.41. The largest absolute Gasteiger partial charge is 0.457 e. The molecular weight excluding hydrogens is 354 g/mol. The number of nitrogens with zero attached hydrogens (tertiary/aromatic N) is 4. The van der Waals surface area contributed by atoms with Crippen molar-refractivity contribution in [3.05, 3.63) is 72.9 Å². The molecule has 0 saturated heterocycles. The van der Waals surface area contributed by atoms with Crippen LogP contribution in [0.2, 0.25) is 0 Å². The highest BCUT2D eigenvalue weighted by Crippen LogP contribution is 2.28. The van der Waals surface area contributed by atoms with E-state index in [2.05, 4.69) is 20.4 Å². The molecule has 0 bridgehead atoms. The Morgan fingerprint density at radius 1 is 1.11 bits per heavy atom. The molecule has 3 aromatic heterocycles. The van der Waals surface area contributed by atoms with E-state index < -0.39 is 0 Å². The fourth-order valence-electron chi connectivity index (χ4n) is 2.86. The highest BCUT2D eigenvalue weighted by atomic mass is 16.5. The molecule has 7 nitrogen and oxygen atoms in total. The van der Waals surface area contributed by atoms with Gasteiger partial charge < -0.3 is 10.1 Å². The third kappa shape index (κ3) is 3.98. The van der Waals surface area contributed by atoms with Gasteiger partial charge in [0.15, 0.2) is 0 Å². The van der Waals surface area contributed by atoms with Crippen LogP contribution in [-0.4, -0.2) is 25.7 Å². The van der Waals surface area contributed by atoms with Crippen molar-refractivity contribution in [2.45, 2.75) is 19.9 Å². The number of amides is 1. The maximum atomic E-state index is 12.2. The van der Waals surface area contributed by atoms with Crippen molar-refractivity contribution in [2.24, 2.45) is 0 Å². The third-order valence-corrected chi connectivity index (χ3v) is 4.26. The lowest BCUT2D eigenvalue weighted by Gasteiger charge is -2.09. The molecule has 1 amide bonds. The number of anilines is 1. The number of hydrogen-bond donors (Lipinski definition) is 1. The summed E-state index contributed by atoms with van der Waals surface area (Å²) in [6.07, 6.45) is 8.84. The van der Waals surface area contributed by atoms with Crippen LogP contribution in [0, 0.1) is 0 Å². The summed E-state index contributed by atoms with van der Waals surface area (Å²) < 4.78 is 7.75. The Kier molecular flexibility index (Phi) is 4.97. The maximum absolute atomic E-state index is 12.2. The number of carbonyl (C=O) groups is 1. The Morgan fingerprint density at radius 2 is 1.96 bits per heavy atom. The quantitative estimate of drug-likeness (QED) is 0.556. The minimum absolute atomic E-state index is 0.0862. The standard InChI is InChI=1S/C21H19N5O2/c1-2-26-14-16(12-24-26)25-21(27)11-15-3-5-17(6-4-15)28-20-8-10-23-19-13-22-9-7-18(19)20/h3-10,12-14H,2,11H2,1H3,(H,25,27). The fourth-order valence-corrected chi connectivity index (χ4v) is 2.86. The number of nitrogens with one attached hydrogen (secondary N) is 1. The summed E-state index contributed by atoms with van der Waals surface area (Å²) in [6.45, 7) is 2.76. The number of aryl methyl sites for hydroxylation is 1. The number of carbonyl (C=O) groups excluding carboxylic acids is 1. The predicted octanol–water partition coefficient (Wildman–Crippen LogP) is 3.82. The Labute approximate surface area is 162 Å². The van der Waals surface area contributed by atoms with Crippen molar-refractivity contribution in [1.29, 1.82) is 0 Å². The number of hydrogen-bond acceptors (Lipinski definition) is 5. The number of pyridine rings is 2. The lowest BCUT2D eigenvalue weighted by Crippen LogP contribution is -2.13. The molecule has 4 aromatic rings. The van der Waals surface area contributed by atoms with Gasteiger partial charge in [0.05, 0.1) is 30.0 Å². The SMILES string of the molecule is CCn1cc(NC(=O)Cc2ccc(Oc3ccnc4cnccc34)cc2)cn1. The van der Waals surface area contributed by atoms with E-state index in [0.29, 0.717) is 17.2 Å². The maximum Gasteiger partial charge on any atom is 0.228 e. The molecule has 0 aliphatic rings. The highest BCUT2D eigenvalue weighted by Gasteiger charge is 2.08. The van der Waals surface area contributed by atoms with Gasteiger partial charge in [-0.3, -0.25) is 19.4 Å². The minimum Gasteiger partial charge on any atom is -0.457 e. The van der Waals surface area contributed by atoms with E-state index in [1.807, 2.05) is 49.5 Å². The van der Waals surface area contributed by atoms with Crippen molar-refractivity contribution in [3.8, 4) is 11.5 Å². The van der Waals surface area contributed by atoms with Crippen LogP contribution in [0.1, 0.15) is 12.5 Å². The van der Waals surface area contributed by atoms with Gasteiger partial charge in [-0.1, -0.05) is 12.1 Å². The van der Waals surface area contributed by atoms with Crippen molar-refractivity contribution in [2.75, 3.05) is 5.32 Å². The topological polar surface area (TPSA) is 81.9 Å². The Morgan fingerprint density at radius 3 is 2.75 bits per heavy atom. The van der Waals surface area contributed by atoms with Crippen LogP contribution >= 0.6 is 0 Å². The van der Waals surface area contributed by atoms with E-state index in [1.165, 1.54) is 0 Å². The summed E-state index contributed by atoms with van der Waals surface area (Å²) >= 11 is 0. The zero-order valence-corrected chi connectivity index (χ0v) is 15.4. The molecular formula is C21H19N5O2. The van der Waals surface area contributed by atoms with E-state index in [9.17, 15) is 4.79 Å². The predicted molar refractivity (Wildman–Crippen MR) is 106 cm³/mol. The van der Waals surface area contributed by atoms with E-state index in [0.717, 1.165) is 23.0 Å². The molecule has 140 valence electrons. The van der Waals surface area contributed by atoms with Gasteiger partial charge in [-0.15, -0.1) is 0 Å². The lowest BCUT2D eigenvalue weighted by atomic mass is 10.1. The molecule has 0 unspecified atom stereocenters. The van der Waals surface area contributed by atoms with Crippen molar-refractivity contribution >= 4 is 22.5 Å². The minimum atomic E-state index is -0.0862. The summed E-state index contributed by atoms with van der Waals surface area (Å²) in [5.74, 6) is 1.32. The molecule has 0 atom stereocenters. The van der Waals surface area contributed by atoms with Crippen LogP contribution in [0.4, 0.5) is 5.69 Å². The number of rotatable bonds is 6. The monoisotopic (exact) mass is 373 g/mol. The average Bonchev–Trinajstić information content (AvgIpc) is 3.17. The van der Waals surface area contributed by atoms with Crippen LogP contribution in [0.15, 0.2) is 67.4 Å². The van der Waals surface area contributed by atoms with Crippen molar-refractivity contribution in [3.63, 3.8) is 0 Å². The molecule has 0 aliphatic carbocycles. The van der Waals surface area contributed by atoms with Crippen LogP contribution in [0.3, 0.4) is 0 Å². The van der Waals surface area contributed by atoms with E-state index >= 15 is 0 Å². The summed E-state index contributed by atoms with van der Waals surface area (Å²) in [6, 6.07) is 11.2. The second kappa shape index (κ2) is 7.87. The fraction of sp³-hybridized carbons (Fsp3) is 0.143. The summed E-state index contributed by atoms with van der Waals surface area (Å²) in [7, 11) is 0. The summed E-state index contributed by atoms with van der Waals surface area (Å²) in [5, 5.41) is 7.90. The number of benzene rings is 1. The second-order valence-electron chi connectivity index (χ2n) is 6.26. The van der Waals surface area contributed by atoms with E-state index in [-0.39, 0.29) is 12.3 Å². The van der Waals surface area contributed by atoms with Gasteiger partial charge in [0, 0.05) is 30.5 Å². The number of aromatic nitrogens is 4. The molecule has 0 saturated carbocycles. The molecule has 0 aliphatic heterocycles. The zero-order valence-electron chi connectivity index (χ0n) is 15.4. The van der Waals surface area contributed by atoms with Crippen molar-refractivity contribution < 1.29 is 9.53 Å². The Hall–Kier alpha value is -3.74. The first-order valence-corrected chi connectivity index (χ1v) is 8.99. The van der Waals surface area contributed by atoms with Gasteiger partial charge in [0.1, 0.15) is 11.5 Å². The molecule has 4 rings (SSSR count). The van der Waals surface area contributed by atoms with E-state index in [4.69, 9.17) is 4.74 Å². The van der Waals surface area contributed by atoms with E-state index in [1.54, 1.807) is 29.5 Å². The number of fused-ring (bicyclic) bond motifs is 1. The average molecular weight is 373 g/mol. The smallest absolute Gasteiger partial charge is 0.228 e. The molecule has 1 aromatic carbocycles. The number of ether oxygens (including phenoxy) is 1. The van der Waals surface area contributed by atoms with Gasteiger partial charge in [0.25, 0.3) is 0 Å². The van der Waals surface area contributed by atoms with Gasteiger partial charge >= 0.3 is 0 Å². The first-order valence-electron chi connectivity index (χ1n) is 8.99. The van der Waals surface area contributed by atoms with Gasteiger partial charge in [-0.2, -0.15) is 5.10 Å².